The molecule has 5 aromatic rings. The molecular formula is C19H12F3N11O. The molecule has 12 nitrogen and oxygen atoms in total. The highest BCUT2D eigenvalue weighted by Crippen LogP contribution is 2.34. The van der Waals surface area contributed by atoms with E-state index in [1.165, 1.54) is 41.4 Å². The molecule has 5 heterocycles. The topological polar surface area (TPSA) is 144 Å². The molecule has 15 heteroatoms. The first-order valence-corrected chi connectivity index (χ1v) is 9.39. The van der Waals surface area contributed by atoms with Crippen LogP contribution in [0.5, 0.6) is 0 Å². The Morgan fingerprint density at radius 3 is 2.62 bits per heavy atom. The second kappa shape index (κ2) is 7.78. The number of amides is 1. The summed E-state index contributed by atoms with van der Waals surface area (Å²) < 4.78 is 43.9. The number of nitrogens with zero attached hydrogens (tertiary/aromatic N) is 10. The highest BCUT2D eigenvalue weighted by Gasteiger charge is 2.41. The highest BCUT2D eigenvalue weighted by molar-refractivity contribution is 6.05. The summed E-state index contributed by atoms with van der Waals surface area (Å²) in [6, 6.07) is 6.23. The number of rotatable bonds is 4. The van der Waals surface area contributed by atoms with E-state index in [0.29, 0.717) is 4.68 Å². The molecule has 5 aromatic heterocycles. The van der Waals surface area contributed by atoms with Gasteiger partial charge in [-0.3, -0.25) is 4.79 Å². The van der Waals surface area contributed by atoms with Gasteiger partial charge in [-0.05, 0) is 18.2 Å². The van der Waals surface area contributed by atoms with E-state index in [0.717, 1.165) is 17.3 Å². The summed E-state index contributed by atoms with van der Waals surface area (Å²) in [5.41, 5.74) is -1.81. The Kier molecular flexibility index (Phi) is 4.75. The lowest BCUT2D eigenvalue weighted by Gasteiger charge is -2.13. The summed E-state index contributed by atoms with van der Waals surface area (Å²) >= 11 is 0. The fourth-order valence-electron chi connectivity index (χ4n) is 3.25. The van der Waals surface area contributed by atoms with E-state index in [1.807, 2.05) is 6.07 Å². The Hall–Kier alpha value is -5.13. The van der Waals surface area contributed by atoms with Gasteiger partial charge in [0, 0.05) is 7.62 Å². The molecule has 0 spiro atoms. The first kappa shape index (κ1) is 20.8. The van der Waals surface area contributed by atoms with Gasteiger partial charge in [0.15, 0.2) is 17.3 Å². The van der Waals surface area contributed by atoms with Gasteiger partial charge in [-0.15, -0.1) is 4.80 Å². The molecular weight excluding hydrogens is 455 g/mol. The minimum atomic E-state index is -4.94. The predicted octanol–water partition coefficient (Wildman–Crippen LogP) is 2.28. The molecule has 0 unspecified atom stereocenters. The number of hydrogen-bond donors (Lipinski definition) is 1. The maximum atomic E-state index is 14.0. The third-order valence-electron chi connectivity index (χ3n) is 4.65. The number of nitriles is 1. The van der Waals surface area contributed by atoms with Gasteiger partial charge >= 0.3 is 6.18 Å². The van der Waals surface area contributed by atoms with E-state index in [9.17, 15) is 23.2 Å². The zero-order valence-electron chi connectivity index (χ0n) is 16.7. The molecule has 0 fully saturated rings. The predicted molar refractivity (Wildman–Crippen MR) is 109 cm³/mol. The van der Waals surface area contributed by atoms with Gasteiger partial charge in [-0.1, -0.05) is 0 Å². The Morgan fingerprint density at radius 1 is 1.09 bits per heavy atom. The minimum absolute atomic E-state index is 0. The molecule has 170 valence electrons. The van der Waals surface area contributed by atoms with Crippen LogP contribution in [-0.4, -0.2) is 50.3 Å². The van der Waals surface area contributed by atoms with Crippen molar-refractivity contribution in [1.82, 2.24) is 44.4 Å². The second-order valence-electron chi connectivity index (χ2n) is 6.72. The van der Waals surface area contributed by atoms with Crippen molar-refractivity contribution in [2.45, 2.75) is 6.18 Å². The summed E-state index contributed by atoms with van der Waals surface area (Å²) in [6.07, 6.45) is 2.40. The van der Waals surface area contributed by atoms with Crippen molar-refractivity contribution in [2.24, 2.45) is 0 Å². The standard InChI is InChI=1S/C19H10F3N11O.H2/c20-19(21,22)15-13(9-28-32(15)17-14-2-1-5-31(14)29-10-25-17)18(34)30-12-6-11(7-23)16(24-8-12)33-26-3-4-27-33;/h1-6,8-10H,(H,30,34);1H. The van der Waals surface area contributed by atoms with Crippen molar-refractivity contribution in [3.05, 3.63) is 72.3 Å². The number of carbonyl (C=O) groups is 1. The van der Waals surface area contributed by atoms with Crippen LogP contribution in [0.1, 0.15) is 23.0 Å². The second-order valence-corrected chi connectivity index (χ2v) is 6.72. The number of pyridine rings is 1. The third-order valence-corrected chi connectivity index (χ3v) is 4.65. The fraction of sp³-hybridized carbons (Fsp3) is 0.0526. The van der Waals surface area contributed by atoms with Crippen LogP contribution in [0.3, 0.4) is 0 Å². The number of alkyl halides is 3. The SMILES string of the molecule is N#Cc1cc(NC(=O)c2cnn(-c3ncnn4cccc34)c2C(F)(F)F)cnc1-n1nccn1.[HH]. The molecule has 0 aliphatic carbocycles. The van der Waals surface area contributed by atoms with E-state index < -0.39 is 23.3 Å². The van der Waals surface area contributed by atoms with Crippen molar-refractivity contribution in [1.29, 1.82) is 5.26 Å². The number of anilines is 1. The number of nitrogens with one attached hydrogen (secondary N) is 1. The molecule has 0 atom stereocenters. The monoisotopic (exact) mass is 467 g/mol. The highest BCUT2D eigenvalue weighted by atomic mass is 19.4. The van der Waals surface area contributed by atoms with Gasteiger partial charge in [0.25, 0.3) is 5.91 Å². The Labute approximate surface area is 188 Å². The van der Waals surface area contributed by atoms with Crippen molar-refractivity contribution in [3.8, 4) is 17.7 Å². The van der Waals surface area contributed by atoms with E-state index in [1.54, 1.807) is 6.07 Å². The van der Waals surface area contributed by atoms with Gasteiger partial charge < -0.3 is 5.32 Å². The average Bonchev–Trinajstić information content (AvgIpc) is 3.58. The summed E-state index contributed by atoms with van der Waals surface area (Å²) in [6.45, 7) is 0. The normalized spacial score (nSPS) is 11.5. The van der Waals surface area contributed by atoms with Crippen LogP contribution in [0, 0.1) is 11.3 Å². The Balaban J connectivity index is 0.00000289. The van der Waals surface area contributed by atoms with E-state index in [-0.39, 0.29) is 29.8 Å². The summed E-state index contributed by atoms with van der Waals surface area (Å²) in [5.74, 6) is -1.17. The first-order chi connectivity index (χ1) is 16.4. The molecule has 1 N–H and O–H groups in total. The van der Waals surface area contributed by atoms with Crippen LogP contribution < -0.4 is 5.32 Å². The third kappa shape index (κ3) is 3.48. The van der Waals surface area contributed by atoms with Crippen molar-refractivity contribution in [3.63, 3.8) is 0 Å². The van der Waals surface area contributed by atoms with Gasteiger partial charge in [-0.2, -0.15) is 38.8 Å². The van der Waals surface area contributed by atoms with Crippen LogP contribution in [0.2, 0.25) is 0 Å². The smallest absolute Gasteiger partial charge is 0.320 e. The minimum Gasteiger partial charge on any atom is -0.320 e. The maximum absolute atomic E-state index is 14.0. The van der Waals surface area contributed by atoms with Crippen molar-refractivity contribution < 1.29 is 19.4 Å². The molecule has 0 bridgehead atoms. The first-order valence-electron chi connectivity index (χ1n) is 9.39. The Morgan fingerprint density at radius 2 is 1.88 bits per heavy atom. The number of carbonyl (C=O) groups excluding carboxylic acids is 1. The molecule has 34 heavy (non-hydrogen) atoms. The fourth-order valence-corrected chi connectivity index (χ4v) is 3.25. The molecule has 0 saturated heterocycles. The lowest BCUT2D eigenvalue weighted by molar-refractivity contribution is -0.143. The number of fused-ring (bicyclic) bond motifs is 1. The summed E-state index contributed by atoms with van der Waals surface area (Å²) in [5, 5.41) is 27.2. The molecule has 5 rings (SSSR count). The van der Waals surface area contributed by atoms with E-state index >= 15 is 0 Å². The zero-order chi connectivity index (χ0) is 23.9. The number of aromatic nitrogens is 9. The van der Waals surface area contributed by atoms with Crippen molar-refractivity contribution >= 4 is 17.1 Å². The molecule has 0 radical (unpaired) electrons. The summed E-state index contributed by atoms with van der Waals surface area (Å²) in [4.78, 5) is 21.8. The quantitative estimate of drug-likeness (QED) is 0.424. The molecule has 1 amide bonds. The molecule has 0 aliphatic heterocycles. The molecule has 0 aliphatic rings. The van der Waals surface area contributed by atoms with Crippen molar-refractivity contribution in [2.75, 3.05) is 5.32 Å². The number of halogens is 3. The van der Waals surface area contributed by atoms with Gasteiger partial charge in [0.2, 0.25) is 0 Å². The van der Waals surface area contributed by atoms with Crippen LogP contribution >= 0.6 is 0 Å². The molecule has 0 saturated carbocycles. The largest absolute Gasteiger partial charge is 0.434 e. The lowest BCUT2D eigenvalue weighted by atomic mass is 10.2. The van der Waals surface area contributed by atoms with E-state index in [2.05, 4.69) is 35.7 Å². The Bertz CT molecular complexity index is 1570. The maximum Gasteiger partial charge on any atom is 0.434 e. The molecule has 0 aromatic carbocycles. The zero-order valence-corrected chi connectivity index (χ0v) is 16.7. The van der Waals surface area contributed by atoms with Crippen LogP contribution in [0.15, 0.2) is 55.5 Å². The number of hydrogen-bond acceptors (Lipinski definition) is 8. The van der Waals surface area contributed by atoms with E-state index in [4.69, 9.17) is 0 Å². The average molecular weight is 467 g/mol. The summed E-state index contributed by atoms with van der Waals surface area (Å²) in [7, 11) is 0. The van der Waals surface area contributed by atoms with Crippen LogP contribution in [-0.2, 0) is 6.18 Å². The van der Waals surface area contributed by atoms with Gasteiger partial charge in [0.1, 0.15) is 23.5 Å². The lowest BCUT2D eigenvalue weighted by Crippen LogP contribution is -2.21. The van der Waals surface area contributed by atoms with Gasteiger partial charge in [-0.25, -0.2) is 19.2 Å². The van der Waals surface area contributed by atoms with Gasteiger partial charge in [0.05, 0.1) is 36.0 Å². The van der Waals surface area contributed by atoms with Crippen LogP contribution in [0.25, 0.3) is 17.2 Å². The van der Waals surface area contributed by atoms with Crippen LogP contribution in [0.4, 0.5) is 18.9 Å².